The van der Waals surface area contributed by atoms with Gasteiger partial charge in [-0.05, 0) is 32.2 Å². The van der Waals surface area contributed by atoms with Gasteiger partial charge in [-0.2, -0.15) is 5.10 Å². The molecular formula is C13H22N4O. The van der Waals surface area contributed by atoms with Crippen molar-refractivity contribution < 1.29 is 4.79 Å². The Morgan fingerprint density at radius 1 is 1.61 bits per heavy atom. The molecule has 18 heavy (non-hydrogen) atoms. The second kappa shape index (κ2) is 6.00. The molecule has 1 fully saturated rings. The van der Waals surface area contributed by atoms with Crippen LogP contribution in [0.15, 0.2) is 12.4 Å². The first kappa shape index (κ1) is 13.1. The van der Waals surface area contributed by atoms with Gasteiger partial charge in [0.15, 0.2) is 0 Å². The number of rotatable bonds is 4. The van der Waals surface area contributed by atoms with Crippen LogP contribution >= 0.6 is 0 Å². The number of carbonyl (C=O) groups excluding carboxylic acids is 1. The number of aromatic amines is 1. The van der Waals surface area contributed by atoms with E-state index in [1.54, 1.807) is 6.20 Å². The second-order valence-corrected chi connectivity index (χ2v) is 5.15. The van der Waals surface area contributed by atoms with Gasteiger partial charge < -0.3 is 11.1 Å². The van der Waals surface area contributed by atoms with Crippen LogP contribution < -0.4 is 11.1 Å². The van der Waals surface area contributed by atoms with E-state index in [-0.39, 0.29) is 17.9 Å². The molecule has 1 aliphatic carbocycles. The predicted molar refractivity (Wildman–Crippen MR) is 69.6 cm³/mol. The van der Waals surface area contributed by atoms with Gasteiger partial charge in [0.2, 0.25) is 5.91 Å². The molecule has 2 rings (SSSR count). The van der Waals surface area contributed by atoms with E-state index in [2.05, 4.69) is 15.5 Å². The smallest absolute Gasteiger partial charge is 0.223 e. The quantitative estimate of drug-likeness (QED) is 0.754. The molecule has 5 nitrogen and oxygen atoms in total. The van der Waals surface area contributed by atoms with Crippen molar-refractivity contribution in [2.75, 3.05) is 6.54 Å². The fourth-order valence-corrected chi connectivity index (χ4v) is 2.74. The van der Waals surface area contributed by atoms with Crippen molar-refractivity contribution in [3.05, 3.63) is 18.0 Å². The molecule has 4 N–H and O–H groups in total. The largest absolute Gasteiger partial charge is 0.349 e. The van der Waals surface area contributed by atoms with Crippen LogP contribution in [0.4, 0.5) is 0 Å². The van der Waals surface area contributed by atoms with Crippen molar-refractivity contribution in [1.82, 2.24) is 15.5 Å². The molecule has 5 heteroatoms. The summed E-state index contributed by atoms with van der Waals surface area (Å²) in [5.74, 6) is 0.562. The average Bonchev–Trinajstić information content (AvgIpc) is 2.92. The van der Waals surface area contributed by atoms with Crippen molar-refractivity contribution >= 4 is 5.91 Å². The van der Waals surface area contributed by atoms with Crippen molar-refractivity contribution in [2.45, 2.75) is 38.6 Å². The van der Waals surface area contributed by atoms with Gasteiger partial charge in [0.05, 0.1) is 12.2 Å². The van der Waals surface area contributed by atoms with Gasteiger partial charge in [0, 0.05) is 17.7 Å². The molecule has 1 saturated carbocycles. The molecule has 0 aromatic carbocycles. The molecule has 1 aliphatic rings. The van der Waals surface area contributed by atoms with E-state index in [4.69, 9.17) is 5.73 Å². The van der Waals surface area contributed by atoms with Gasteiger partial charge in [-0.25, -0.2) is 0 Å². The summed E-state index contributed by atoms with van der Waals surface area (Å²) in [6.45, 7) is 2.58. The van der Waals surface area contributed by atoms with E-state index in [9.17, 15) is 4.79 Å². The van der Waals surface area contributed by atoms with Gasteiger partial charge in [0.1, 0.15) is 0 Å². The van der Waals surface area contributed by atoms with E-state index in [0.29, 0.717) is 12.5 Å². The lowest BCUT2D eigenvalue weighted by molar-refractivity contribution is -0.128. The summed E-state index contributed by atoms with van der Waals surface area (Å²) in [5.41, 5.74) is 6.77. The molecule has 3 unspecified atom stereocenters. The maximum atomic E-state index is 12.3. The summed E-state index contributed by atoms with van der Waals surface area (Å²) < 4.78 is 0. The number of aromatic nitrogens is 2. The van der Waals surface area contributed by atoms with Gasteiger partial charge in [0.25, 0.3) is 0 Å². The van der Waals surface area contributed by atoms with E-state index >= 15 is 0 Å². The molecule has 1 aromatic rings. The summed E-state index contributed by atoms with van der Waals surface area (Å²) in [6.07, 6.45) is 7.93. The first-order valence-corrected chi connectivity index (χ1v) is 6.71. The lowest BCUT2D eigenvalue weighted by atomic mass is 9.78. The van der Waals surface area contributed by atoms with Gasteiger partial charge >= 0.3 is 0 Å². The minimum atomic E-state index is -0.00315. The third-order valence-corrected chi connectivity index (χ3v) is 3.93. The number of nitrogens with zero attached hydrogens (tertiary/aromatic N) is 1. The number of hydrogen-bond acceptors (Lipinski definition) is 3. The van der Waals surface area contributed by atoms with Crippen LogP contribution in [0.3, 0.4) is 0 Å². The summed E-state index contributed by atoms with van der Waals surface area (Å²) in [5, 5.41) is 9.72. The Labute approximate surface area is 108 Å². The molecule has 3 atom stereocenters. The molecule has 0 radical (unpaired) electrons. The van der Waals surface area contributed by atoms with Crippen molar-refractivity contribution in [3.8, 4) is 0 Å². The maximum Gasteiger partial charge on any atom is 0.223 e. The number of amides is 1. The summed E-state index contributed by atoms with van der Waals surface area (Å²) >= 11 is 0. The number of H-pyrrole nitrogens is 1. The Bertz CT molecular complexity index is 376. The molecule has 0 saturated heterocycles. The van der Waals surface area contributed by atoms with Crippen LogP contribution in [0, 0.1) is 11.8 Å². The van der Waals surface area contributed by atoms with Crippen LogP contribution in [-0.2, 0) is 4.79 Å². The highest BCUT2D eigenvalue weighted by molar-refractivity contribution is 5.79. The number of nitrogens with two attached hydrogens (primary N) is 1. The van der Waals surface area contributed by atoms with Crippen molar-refractivity contribution in [2.24, 2.45) is 17.6 Å². The average molecular weight is 250 g/mol. The lowest BCUT2D eigenvalue weighted by Gasteiger charge is -2.30. The Morgan fingerprint density at radius 2 is 2.39 bits per heavy atom. The molecule has 0 spiro atoms. The zero-order valence-corrected chi connectivity index (χ0v) is 10.9. The van der Waals surface area contributed by atoms with Gasteiger partial charge in [-0.15, -0.1) is 0 Å². The molecule has 0 aliphatic heterocycles. The monoisotopic (exact) mass is 250 g/mol. The minimum absolute atomic E-state index is 0.00315. The van der Waals surface area contributed by atoms with Crippen LogP contribution in [0.25, 0.3) is 0 Å². The lowest BCUT2D eigenvalue weighted by Crippen LogP contribution is -2.40. The van der Waals surface area contributed by atoms with Crippen LogP contribution in [0.2, 0.25) is 0 Å². The van der Waals surface area contributed by atoms with Gasteiger partial charge in [-0.3, -0.25) is 9.89 Å². The Balaban J connectivity index is 1.94. The fraction of sp³-hybridized carbons (Fsp3) is 0.692. The molecule has 1 heterocycles. The fourth-order valence-electron chi connectivity index (χ4n) is 2.74. The summed E-state index contributed by atoms with van der Waals surface area (Å²) in [6, 6.07) is -0.00315. The van der Waals surface area contributed by atoms with E-state index in [1.165, 1.54) is 6.42 Å². The molecule has 0 bridgehead atoms. The standard InChI is InChI=1S/C13H22N4O/c1-9(11-7-15-16-8-11)17-13(18)12-5-3-2-4-10(12)6-14/h7-10,12H,2-6,14H2,1H3,(H,15,16)(H,17,18). The predicted octanol–water partition coefficient (Wildman–Crippen LogP) is 1.35. The van der Waals surface area contributed by atoms with E-state index in [1.807, 2.05) is 13.1 Å². The molecular weight excluding hydrogens is 228 g/mol. The topological polar surface area (TPSA) is 83.8 Å². The third-order valence-electron chi connectivity index (χ3n) is 3.93. The first-order chi connectivity index (χ1) is 8.72. The summed E-state index contributed by atoms with van der Waals surface area (Å²) in [7, 11) is 0. The number of nitrogens with one attached hydrogen (secondary N) is 2. The van der Waals surface area contributed by atoms with Crippen LogP contribution in [0.5, 0.6) is 0 Å². The zero-order valence-electron chi connectivity index (χ0n) is 10.9. The SMILES string of the molecule is CC(NC(=O)C1CCCCC1CN)c1cn[nH]c1. The summed E-state index contributed by atoms with van der Waals surface area (Å²) in [4.78, 5) is 12.3. The maximum absolute atomic E-state index is 12.3. The number of carbonyl (C=O) groups is 1. The Hall–Kier alpha value is -1.36. The second-order valence-electron chi connectivity index (χ2n) is 5.15. The molecule has 1 amide bonds. The molecule has 100 valence electrons. The Morgan fingerprint density at radius 3 is 3.06 bits per heavy atom. The highest BCUT2D eigenvalue weighted by Gasteiger charge is 2.30. The highest BCUT2D eigenvalue weighted by Crippen LogP contribution is 2.30. The highest BCUT2D eigenvalue weighted by atomic mass is 16.1. The van der Waals surface area contributed by atoms with Crippen LogP contribution in [0.1, 0.15) is 44.2 Å². The first-order valence-electron chi connectivity index (χ1n) is 6.71. The van der Waals surface area contributed by atoms with E-state index in [0.717, 1.165) is 24.8 Å². The van der Waals surface area contributed by atoms with Gasteiger partial charge in [-0.1, -0.05) is 12.8 Å². The normalized spacial score (nSPS) is 25.7. The minimum Gasteiger partial charge on any atom is -0.349 e. The van der Waals surface area contributed by atoms with Crippen LogP contribution in [-0.4, -0.2) is 22.6 Å². The number of hydrogen-bond donors (Lipinski definition) is 3. The van der Waals surface area contributed by atoms with E-state index < -0.39 is 0 Å². The zero-order chi connectivity index (χ0) is 13.0. The third kappa shape index (κ3) is 2.90. The molecule has 1 aromatic heterocycles. The Kier molecular flexibility index (Phi) is 4.36. The van der Waals surface area contributed by atoms with Crippen molar-refractivity contribution in [1.29, 1.82) is 0 Å². The van der Waals surface area contributed by atoms with Crippen molar-refractivity contribution in [3.63, 3.8) is 0 Å².